The van der Waals surface area contributed by atoms with Crippen molar-refractivity contribution in [2.75, 3.05) is 0 Å². The second kappa shape index (κ2) is 3.92. The highest BCUT2D eigenvalue weighted by atomic mass is 32.2. The van der Waals surface area contributed by atoms with Crippen LogP contribution in [0, 0.1) is 0 Å². The number of rotatable bonds is 5. The Labute approximate surface area is 89.6 Å². The Morgan fingerprint density at radius 2 is 2.27 bits per heavy atom. The summed E-state index contributed by atoms with van der Waals surface area (Å²) in [5.74, 6) is 0.626. The Morgan fingerprint density at radius 1 is 1.53 bits per heavy atom. The van der Waals surface area contributed by atoms with Gasteiger partial charge in [0.05, 0.1) is 5.25 Å². The van der Waals surface area contributed by atoms with Gasteiger partial charge in [-0.05, 0) is 19.3 Å². The van der Waals surface area contributed by atoms with Crippen LogP contribution in [0.5, 0.6) is 0 Å². The van der Waals surface area contributed by atoms with Crippen LogP contribution in [0.4, 0.5) is 0 Å². The van der Waals surface area contributed by atoms with E-state index in [9.17, 15) is 8.42 Å². The molecular weight excluding hydrogens is 214 g/mol. The quantitative estimate of drug-likeness (QED) is 0.754. The van der Waals surface area contributed by atoms with E-state index in [1.165, 1.54) is 6.33 Å². The first-order valence-electron chi connectivity index (χ1n) is 5.29. The Kier molecular flexibility index (Phi) is 2.77. The smallest absolute Gasteiger partial charge is 0.219 e. The van der Waals surface area contributed by atoms with E-state index < -0.39 is 10.0 Å². The van der Waals surface area contributed by atoms with Crippen LogP contribution in [0.2, 0.25) is 0 Å². The first-order valence-corrected chi connectivity index (χ1v) is 6.80. The molecule has 0 radical (unpaired) electrons. The predicted octanol–water partition coefficient (Wildman–Crippen LogP) is 0.961. The van der Waals surface area contributed by atoms with E-state index in [1.807, 2.05) is 0 Å². The summed E-state index contributed by atoms with van der Waals surface area (Å²) in [5.41, 5.74) is 0. The topological polar surface area (TPSA) is 64.8 Å². The first kappa shape index (κ1) is 10.6. The summed E-state index contributed by atoms with van der Waals surface area (Å²) >= 11 is 0. The van der Waals surface area contributed by atoms with E-state index in [1.54, 1.807) is 0 Å². The second-order valence-electron chi connectivity index (χ2n) is 3.88. The lowest BCUT2D eigenvalue weighted by Crippen LogP contribution is -2.18. The fourth-order valence-electron chi connectivity index (χ4n) is 1.37. The van der Waals surface area contributed by atoms with Gasteiger partial charge in [0, 0.05) is 6.42 Å². The van der Waals surface area contributed by atoms with Gasteiger partial charge in [-0.15, -0.1) is 9.19 Å². The van der Waals surface area contributed by atoms with Crippen molar-refractivity contribution in [1.29, 1.82) is 0 Å². The molecule has 1 saturated carbocycles. The van der Waals surface area contributed by atoms with Gasteiger partial charge in [-0.1, -0.05) is 13.3 Å². The minimum atomic E-state index is -3.23. The van der Waals surface area contributed by atoms with Crippen LogP contribution in [0.1, 0.15) is 38.4 Å². The van der Waals surface area contributed by atoms with Crippen LogP contribution in [-0.4, -0.2) is 27.8 Å². The van der Waals surface area contributed by atoms with Crippen LogP contribution >= 0.6 is 0 Å². The molecule has 0 aliphatic heterocycles. The monoisotopic (exact) mass is 229 g/mol. The molecule has 1 aliphatic carbocycles. The van der Waals surface area contributed by atoms with E-state index in [2.05, 4.69) is 17.0 Å². The maximum atomic E-state index is 11.7. The summed E-state index contributed by atoms with van der Waals surface area (Å²) in [6.07, 6.45) is 5.64. The summed E-state index contributed by atoms with van der Waals surface area (Å²) in [5, 5.41) is 3.77. The third-order valence-electron chi connectivity index (χ3n) is 2.48. The van der Waals surface area contributed by atoms with E-state index in [4.69, 9.17) is 0 Å². The van der Waals surface area contributed by atoms with Crippen molar-refractivity contribution in [1.82, 2.24) is 14.2 Å². The van der Waals surface area contributed by atoms with Crippen LogP contribution < -0.4 is 0 Å². The lowest BCUT2D eigenvalue weighted by atomic mass is 10.2. The molecule has 0 unspecified atom stereocenters. The fourth-order valence-corrected chi connectivity index (χ4v) is 2.80. The zero-order valence-corrected chi connectivity index (χ0v) is 9.57. The second-order valence-corrected chi connectivity index (χ2v) is 5.95. The van der Waals surface area contributed by atoms with Gasteiger partial charge in [-0.25, -0.2) is 13.4 Å². The van der Waals surface area contributed by atoms with Crippen molar-refractivity contribution in [3.63, 3.8) is 0 Å². The molecule has 5 nitrogen and oxygen atoms in total. The van der Waals surface area contributed by atoms with Crippen LogP contribution in [0.25, 0.3) is 0 Å². The summed E-state index contributed by atoms with van der Waals surface area (Å²) in [6.45, 7) is 2.08. The fraction of sp³-hybridized carbons (Fsp3) is 0.778. The minimum absolute atomic E-state index is 0.224. The van der Waals surface area contributed by atoms with Crippen molar-refractivity contribution in [2.24, 2.45) is 0 Å². The third-order valence-corrected chi connectivity index (χ3v) is 4.49. The summed E-state index contributed by atoms with van der Waals surface area (Å²) < 4.78 is 24.5. The number of aryl methyl sites for hydroxylation is 1. The first-order chi connectivity index (χ1) is 7.14. The van der Waals surface area contributed by atoms with Crippen LogP contribution in [0.3, 0.4) is 0 Å². The van der Waals surface area contributed by atoms with Gasteiger partial charge in [0.15, 0.2) is 5.82 Å². The lowest BCUT2D eigenvalue weighted by molar-refractivity contribution is 0.577. The SMILES string of the molecule is CCCCc1ncn(S(=O)(=O)C2CC2)n1. The maximum Gasteiger partial charge on any atom is 0.258 e. The Hall–Kier alpha value is -0.910. The number of nitrogens with zero attached hydrogens (tertiary/aromatic N) is 3. The number of aromatic nitrogens is 3. The molecule has 2 rings (SSSR count). The molecule has 0 saturated heterocycles. The highest BCUT2D eigenvalue weighted by Gasteiger charge is 2.37. The van der Waals surface area contributed by atoms with E-state index in [0.29, 0.717) is 5.82 Å². The van der Waals surface area contributed by atoms with Gasteiger partial charge >= 0.3 is 0 Å². The van der Waals surface area contributed by atoms with E-state index >= 15 is 0 Å². The highest BCUT2D eigenvalue weighted by Crippen LogP contribution is 2.29. The molecule has 0 N–H and O–H groups in total. The Morgan fingerprint density at radius 3 is 2.87 bits per heavy atom. The van der Waals surface area contributed by atoms with E-state index in [-0.39, 0.29) is 5.25 Å². The molecule has 15 heavy (non-hydrogen) atoms. The highest BCUT2D eigenvalue weighted by molar-refractivity contribution is 7.90. The lowest BCUT2D eigenvalue weighted by Gasteiger charge is -1.99. The van der Waals surface area contributed by atoms with Gasteiger partial charge in [0.2, 0.25) is 0 Å². The van der Waals surface area contributed by atoms with Crippen molar-refractivity contribution in [3.8, 4) is 0 Å². The predicted molar refractivity (Wildman–Crippen MR) is 56.0 cm³/mol. The number of hydrogen-bond donors (Lipinski definition) is 0. The average molecular weight is 229 g/mol. The summed E-state index contributed by atoms with van der Waals surface area (Å²) in [6, 6.07) is 0. The molecule has 0 bridgehead atoms. The average Bonchev–Trinajstić information content (AvgIpc) is 2.95. The number of unbranched alkanes of at least 4 members (excludes halogenated alkanes) is 1. The van der Waals surface area contributed by atoms with Crippen molar-refractivity contribution < 1.29 is 8.42 Å². The van der Waals surface area contributed by atoms with Crippen LogP contribution in [-0.2, 0) is 16.4 Å². The Balaban J connectivity index is 2.12. The molecule has 1 aromatic heterocycles. The van der Waals surface area contributed by atoms with Gasteiger partial charge in [0.1, 0.15) is 6.33 Å². The standard InChI is InChI=1S/C9H15N3O2S/c1-2-3-4-9-10-7-12(11-9)15(13,14)8-5-6-8/h7-8H,2-6H2,1H3. The zero-order chi connectivity index (χ0) is 10.9. The maximum absolute atomic E-state index is 11.7. The molecule has 0 atom stereocenters. The van der Waals surface area contributed by atoms with Crippen molar-refractivity contribution in [3.05, 3.63) is 12.2 Å². The molecule has 1 aromatic rings. The molecule has 1 fully saturated rings. The minimum Gasteiger partial charge on any atom is -0.219 e. The normalized spacial score (nSPS) is 16.9. The summed E-state index contributed by atoms with van der Waals surface area (Å²) in [4.78, 5) is 4.00. The van der Waals surface area contributed by atoms with Gasteiger partial charge in [-0.3, -0.25) is 0 Å². The van der Waals surface area contributed by atoms with Crippen molar-refractivity contribution in [2.45, 2.75) is 44.3 Å². The molecule has 84 valence electrons. The van der Waals surface area contributed by atoms with Gasteiger partial charge < -0.3 is 0 Å². The zero-order valence-electron chi connectivity index (χ0n) is 8.76. The largest absolute Gasteiger partial charge is 0.258 e. The molecule has 1 aliphatic rings. The summed E-state index contributed by atoms with van der Waals surface area (Å²) in [7, 11) is -3.23. The van der Waals surface area contributed by atoms with Crippen LogP contribution in [0.15, 0.2) is 6.33 Å². The molecular formula is C9H15N3O2S. The molecule has 0 spiro atoms. The molecule has 0 aromatic carbocycles. The molecule has 6 heteroatoms. The molecule has 0 amide bonds. The Bertz CT molecular complexity index is 434. The number of hydrogen-bond acceptors (Lipinski definition) is 4. The van der Waals surface area contributed by atoms with Crippen molar-refractivity contribution >= 4 is 10.0 Å². The van der Waals surface area contributed by atoms with Gasteiger partial charge in [-0.2, -0.15) is 0 Å². The van der Waals surface area contributed by atoms with Gasteiger partial charge in [0.25, 0.3) is 10.0 Å². The van der Waals surface area contributed by atoms with E-state index in [0.717, 1.165) is 36.2 Å². The molecule has 1 heterocycles. The third kappa shape index (κ3) is 2.19.